The molecule has 3 rings (SSSR count). The summed E-state index contributed by atoms with van der Waals surface area (Å²) in [5.74, 6) is -0.293. The van der Waals surface area contributed by atoms with Crippen LogP contribution in [0.1, 0.15) is 56.1 Å². The third-order valence-electron chi connectivity index (χ3n) is 6.05. The van der Waals surface area contributed by atoms with Crippen LogP contribution in [0.15, 0.2) is 35.5 Å². The number of esters is 1. The highest BCUT2D eigenvalue weighted by Gasteiger charge is 2.34. The average molecular weight is 491 g/mol. The molecule has 1 atom stereocenters. The topological polar surface area (TPSA) is 111 Å². The highest BCUT2D eigenvalue weighted by atomic mass is 32.2. The predicted octanol–water partition coefficient (Wildman–Crippen LogP) is 2.64. The molecule has 0 aliphatic carbocycles. The Hall–Kier alpha value is -2.72. The summed E-state index contributed by atoms with van der Waals surface area (Å²) in [6.45, 7) is 7.76. The van der Waals surface area contributed by atoms with E-state index in [1.165, 1.54) is 10.5 Å². The Labute approximate surface area is 201 Å². The van der Waals surface area contributed by atoms with Crippen LogP contribution in [-0.4, -0.2) is 53.3 Å². The lowest BCUT2D eigenvalue weighted by Crippen LogP contribution is -2.44. The number of amides is 1. The first kappa shape index (κ1) is 25.9. The van der Waals surface area contributed by atoms with Gasteiger partial charge in [-0.25, -0.2) is 13.4 Å². The molecule has 1 aliphatic rings. The number of aryl methyl sites for hydroxylation is 3. The minimum atomic E-state index is -3.70. The number of carbonyl (C=O) groups is 2. The van der Waals surface area contributed by atoms with E-state index >= 15 is 0 Å². The zero-order chi connectivity index (χ0) is 25.0. The largest absolute Gasteiger partial charge is 0.463 e. The number of imidazole rings is 1. The van der Waals surface area contributed by atoms with Gasteiger partial charge >= 0.3 is 5.97 Å². The highest BCUT2D eigenvalue weighted by Crippen LogP contribution is 2.26. The first-order chi connectivity index (χ1) is 16.0. The number of nitrogens with one attached hydrogen (secondary N) is 1. The lowest BCUT2D eigenvalue weighted by molar-refractivity contribution is -0.148. The summed E-state index contributed by atoms with van der Waals surface area (Å²) in [5.41, 5.74) is 1.90. The molecule has 186 valence electrons. The molecule has 2 aromatic rings. The monoisotopic (exact) mass is 490 g/mol. The van der Waals surface area contributed by atoms with Crippen LogP contribution in [0.4, 0.5) is 0 Å². The quantitative estimate of drug-likeness (QED) is 0.570. The van der Waals surface area contributed by atoms with Gasteiger partial charge in [0.2, 0.25) is 5.91 Å². The Kier molecular flexibility index (Phi) is 8.14. The molecule has 9 nitrogen and oxygen atoms in total. The van der Waals surface area contributed by atoms with Gasteiger partial charge in [-0.1, -0.05) is 29.8 Å². The summed E-state index contributed by atoms with van der Waals surface area (Å²) in [6.07, 6.45) is 2.09. The minimum absolute atomic E-state index is 0.0264. The van der Waals surface area contributed by atoms with E-state index in [4.69, 9.17) is 4.74 Å². The summed E-state index contributed by atoms with van der Waals surface area (Å²) >= 11 is 0. The summed E-state index contributed by atoms with van der Waals surface area (Å²) < 4.78 is 34.2. The second-order valence-electron chi connectivity index (χ2n) is 9.13. The number of aromatic nitrogens is 2. The third kappa shape index (κ3) is 6.24. The molecule has 1 amide bonds. The van der Waals surface area contributed by atoms with Crippen LogP contribution < -0.4 is 5.32 Å². The van der Waals surface area contributed by atoms with E-state index < -0.39 is 16.1 Å². The van der Waals surface area contributed by atoms with Gasteiger partial charge in [0.05, 0.1) is 18.6 Å². The summed E-state index contributed by atoms with van der Waals surface area (Å²) in [4.78, 5) is 29.5. The van der Waals surface area contributed by atoms with Crippen LogP contribution in [0.2, 0.25) is 0 Å². The Bertz CT molecular complexity index is 1100. The zero-order valence-corrected chi connectivity index (χ0v) is 21.3. The van der Waals surface area contributed by atoms with E-state index in [1.807, 2.05) is 31.2 Å². The minimum Gasteiger partial charge on any atom is -0.463 e. The van der Waals surface area contributed by atoms with Crippen molar-refractivity contribution < 1.29 is 22.7 Å². The van der Waals surface area contributed by atoms with Crippen LogP contribution in [-0.2, 0) is 31.4 Å². The molecular weight excluding hydrogens is 456 g/mol. The first-order valence-electron chi connectivity index (χ1n) is 11.5. The maximum Gasteiger partial charge on any atom is 0.308 e. The van der Waals surface area contributed by atoms with Gasteiger partial charge in [-0.3, -0.25) is 9.59 Å². The van der Waals surface area contributed by atoms with E-state index in [-0.39, 0.29) is 48.4 Å². The standard InChI is InChI=1S/C24H34N4O5S/c1-16(2)33-23(29)14-21(19-8-6-17(3)7-9-19)26-24(30)20-10-12-28(13-11-20)34(31,32)22-15-27(5)18(4)25-22/h6-9,15-16,20-21H,10-14H2,1-5H3,(H,26,30). The second kappa shape index (κ2) is 10.7. The molecule has 1 N–H and O–H groups in total. The van der Waals surface area contributed by atoms with Crippen LogP contribution in [0.25, 0.3) is 0 Å². The van der Waals surface area contributed by atoms with Gasteiger partial charge in [0, 0.05) is 32.3 Å². The normalized spacial score (nSPS) is 16.4. The molecule has 0 radical (unpaired) electrons. The van der Waals surface area contributed by atoms with Crippen molar-refractivity contribution >= 4 is 21.9 Å². The predicted molar refractivity (Wildman–Crippen MR) is 127 cm³/mol. The molecule has 2 heterocycles. The number of hydrogen-bond acceptors (Lipinski definition) is 6. The van der Waals surface area contributed by atoms with Crippen molar-refractivity contribution in [2.75, 3.05) is 13.1 Å². The molecule has 1 aromatic carbocycles. The third-order valence-corrected chi connectivity index (χ3v) is 7.82. The maximum absolute atomic E-state index is 13.1. The van der Waals surface area contributed by atoms with Gasteiger partial charge in [-0.05, 0) is 46.1 Å². The van der Waals surface area contributed by atoms with Gasteiger partial charge in [0.1, 0.15) is 5.82 Å². The SMILES string of the molecule is Cc1ccc(C(CC(=O)OC(C)C)NC(=O)C2CCN(S(=O)(=O)c3cn(C)c(C)n3)CC2)cc1. The Morgan fingerprint density at radius 2 is 1.76 bits per heavy atom. The van der Waals surface area contributed by atoms with Crippen LogP contribution in [0, 0.1) is 19.8 Å². The molecule has 0 spiro atoms. The van der Waals surface area contributed by atoms with Crippen molar-refractivity contribution in [2.45, 2.75) is 64.1 Å². The van der Waals surface area contributed by atoms with Crippen molar-refractivity contribution in [1.29, 1.82) is 0 Å². The molecule has 0 saturated carbocycles. The molecule has 1 saturated heterocycles. The van der Waals surface area contributed by atoms with Gasteiger partial charge in [-0.2, -0.15) is 4.31 Å². The van der Waals surface area contributed by atoms with Gasteiger partial charge in [-0.15, -0.1) is 0 Å². The molecule has 1 fully saturated rings. The van der Waals surface area contributed by atoms with Gasteiger partial charge < -0.3 is 14.6 Å². The lowest BCUT2D eigenvalue weighted by Gasteiger charge is -2.31. The Balaban J connectivity index is 1.65. The first-order valence-corrected chi connectivity index (χ1v) is 13.0. The van der Waals surface area contributed by atoms with Crippen LogP contribution in [0.3, 0.4) is 0 Å². The molecule has 10 heteroatoms. The van der Waals surface area contributed by atoms with Crippen molar-refractivity contribution in [1.82, 2.24) is 19.2 Å². The second-order valence-corrected chi connectivity index (χ2v) is 11.0. The van der Waals surface area contributed by atoms with Crippen molar-refractivity contribution in [3.63, 3.8) is 0 Å². The van der Waals surface area contributed by atoms with Gasteiger partial charge in [0.15, 0.2) is 5.03 Å². The number of ether oxygens (including phenoxy) is 1. The van der Waals surface area contributed by atoms with E-state index in [9.17, 15) is 18.0 Å². The fourth-order valence-electron chi connectivity index (χ4n) is 3.96. The number of nitrogens with zero attached hydrogens (tertiary/aromatic N) is 3. The molecule has 34 heavy (non-hydrogen) atoms. The number of sulfonamides is 1. The fraction of sp³-hybridized carbons (Fsp3) is 0.542. The Morgan fingerprint density at radius 1 is 1.15 bits per heavy atom. The van der Waals surface area contributed by atoms with Crippen molar-refractivity contribution in [2.24, 2.45) is 13.0 Å². The summed E-state index contributed by atoms with van der Waals surface area (Å²) in [6, 6.07) is 7.15. The molecule has 1 unspecified atom stereocenters. The van der Waals surface area contributed by atoms with Crippen LogP contribution >= 0.6 is 0 Å². The zero-order valence-electron chi connectivity index (χ0n) is 20.4. The van der Waals surface area contributed by atoms with E-state index in [0.717, 1.165) is 11.1 Å². The van der Waals surface area contributed by atoms with E-state index in [1.54, 1.807) is 32.4 Å². The van der Waals surface area contributed by atoms with E-state index in [2.05, 4.69) is 10.3 Å². The maximum atomic E-state index is 13.1. The van der Waals surface area contributed by atoms with E-state index in [0.29, 0.717) is 18.7 Å². The molecule has 1 aromatic heterocycles. The van der Waals surface area contributed by atoms with Crippen molar-refractivity contribution in [3.05, 3.63) is 47.4 Å². The van der Waals surface area contributed by atoms with Crippen LogP contribution in [0.5, 0.6) is 0 Å². The molecular formula is C24H34N4O5S. The number of piperidine rings is 1. The molecule has 0 bridgehead atoms. The smallest absolute Gasteiger partial charge is 0.308 e. The van der Waals surface area contributed by atoms with Gasteiger partial charge in [0.25, 0.3) is 10.0 Å². The number of hydrogen-bond donors (Lipinski definition) is 1. The highest BCUT2D eigenvalue weighted by molar-refractivity contribution is 7.89. The molecule has 1 aliphatic heterocycles. The van der Waals surface area contributed by atoms with Crippen molar-refractivity contribution in [3.8, 4) is 0 Å². The summed E-state index contributed by atoms with van der Waals surface area (Å²) in [5, 5.41) is 3.03. The average Bonchev–Trinajstić information content (AvgIpc) is 3.12. The number of carbonyl (C=O) groups excluding carboxylic acids is 2. The Morgan fingerprint density at radius 3 is 2.29 bits per heavy atom. The number of rotatable bonds is 8. The number of benzene rings is 1. The lowest BCUT2D eigenvalue weighted by atomic mass is 9.95. The summed E-state index contributed by atoms with van der Waals surface area (Å²) in [7, 11) is -1.95. The fourth-order valence-corrected chi connectivity index (χ4v) is 5.45.